The quantitative estimate of drug-likeness (QED) is 0.825. The fourth-order valence-electron chi connectivity index (χ4n) is 2.22. The second kappa shape index (κ2) is 4.87. The molecule has 17 heavy (non-hydrogen) atoms. The molecule has 0 bridgehead atoms. The van der Waals surface area contributed by atoms with Gasteiger partial charge in [-0.15, -0.1) is 0 Å². The number of nitrogens with two attached hydrogens (primary N) is 1. The Morgan fingerprint density at radius 2 is 2.18 bits per heavy atom. The summed E-state index contributed by atoms with van der Waals surface area (Å²) in [5, 5.41) is 4.30. The summed E-state index contributed by atoms with van der Waals surface area (Å²) in [4.78, 5) is 14.2. The van der Waals surface area contributed by atoms with Crippen molar-refractivity contribution in [1.29, 1.82) is 0 Å². The molecule has 1 aromatic heterocycles. The van der Waals surface area contributed by atoms with Gasteiger partial charge in [-0.3, -0.25) is 9.48 Å². The largest absolute Gasteiger partial charge is 0.337 e. The Morgan fingerprint density at radius 1 is 1.53 bits per heavy atom. The first-order chi connectivity index (χ1) is 8.11. The van der Waals surface area contributed by atoms with E-state index in [4.69, 9.17) is 5.73 Å². The van der Waals surface area contributed by atoms with E-state index in [1.54, 1.807) is 4.68 Å². The lowest BCUT2D eigenvalue weighted by Crippen LogP contribution is -2.43. The summed E-state index contributed by atoms with van der Waals surface area (Å²) in [5.41, 5.74) is 7.43. The van der Waals surface area contributed by atoms with Gasteiger partial charge in [0.15, 0.2) is 0 Å². The maximum Gasteiger partial charge on any atom is 0.272 e. The summed E-state index contributed by atoms with van der Waals surface area (Å²) in [6.45, 7) is 6.15. The summed E-state index contributed by atoms with van der Waals surface area (Å²) in [5.74, 6) is 0.0827. The van der Waals surface area contributed by atoms with Crippen LogP contribution in [0.25, 0.3) is 0 Å². The van der Waals surface area contributed by atoms with E-state index in [-0.39, 0.29) is 11.9 Å². The molecule has 1 aliphatic heterocycles. The van der Waals surface area contributed by atoms with Gasteiger partial charge >= 0.3 is 0 Å². The molecule has 1 aliphatic rings. The van der Waals surface area contributed by atoms with Crippen molar-refractivity contribution < 1.29 is 4.79 Å². The molecule has 0 unspecified atom stereocenters. The summed E-state index contributed by atoms with van der Waals surface area (Å²) >= 11 is 0. The molecule has 5 heteroatoms. The zero-order valence-corrected chi connectivity index (χ0v) is 10.5. The molecule has 94 valence electrons. The third-order valence-electron chi connectivity index (χ3n) is 3.25. The molecule has 0 spiro atoms. The van der Waals surface area contributed by atoms with Gasteiger partial charge < -0.3 is 10.6 Å². The number of amides is 1. The molecule has 0 aromatic carbocycles. The zero-order valence-electron chi connectivity index (χ0n) is 10.5. The van der Waals surface area contributed by atoms with Crippen LogP contribution in [0.1, 0.15) is 35.9 Å². The van der Waals surface area contributed by atoms with Gasteiger partial charge in [0.05, 0.1) is 5.69 Å². The van der Waals surface area contributed by atoms with Gasteiger partial charge in [-0.2, -0.15) is 5.10 Å². The van der Waals surface area contributed by atoms with Gasteiger partial charge in [-0.1, -0.05) is 0 Å². The fourth-order valence-corrected chi connectivity index (χ4v) is 2.22. The van der Waals surface area contributed by atoms with Crippen molar-refractivity contribution in [2.45, 2.75) is 39.3 Å². The number of piperidine rings is 1. The van der Waals surface area contributed by atoms with Crippen LogP contribution in [0.5, 0.6) is 0 Å². The Bertz CT molecular complexity index is 405. The highest BCUT2D eigenvalue weighted by Crippen LogP contribution is 2.13. The summed E-state index contributed by atoms with van der Waals surface area (Å²) < 4.78 is 1.77. The number of carbonyl (C=O) groups is 1. The summed E-state index contributed by atoms with van der Waals surface area (Å²) in [6, 6.07) is 2.11. The van der Waals surface area contributed by atoms with E-state index < -0.39 is 0 Å². The second-order valence-corrected chi connectivity index (χ2v) is 4.62. The molecule has 1 amide bonds. The average molecular weight is 236 g/mol. The Hall–Kier alpha value is -1.36. The smallest absolute Gasteiger partial charge is 0.272 e. The van der Waals surface area contributed by atoms with Crippen LogP contribution in [0.4, 0.5) is 0 Å². The number of carbonyl (C=O) groups excluding carboxylic acids is 1. The van der Waals surface area contributed by atoms with E-state index in [0.29, 0.717) is 5.69 Å². The van der Waals surface area contributed by atoms with E-state index >= 15 is 0 Å². The minimum absolute atomic E-state index is 0.0827. The number of likely N-dealkylation sites (tertiary alicyclic amines) is 1. The molecule has 2 heterocycles. The maximum absolute atomic E-state index is 12.3. The lowest BCUT2D eigenvalue weighted by atomic mass is 10.1. The Balaban J connectivity index is 2.13. The van der Waals surface area contributed by atoms with Crippen molar-refractivity contribution in [2.24, 2.45) is 5.73 Å². The Morgan fingerprint density at radius 3 is 2.76 bits per heavy atom. The van der Waals surface area contributed by atoms with Crippen LogP contribution in [0.3, 0.4) is 0 Å². The van der Waals surface area contributed by atoms with E-state index in [2.05, 4.69) is 5.10 Å². The second-order valence-electron chi connectivity index (χ2n) is 4.62. The molecule has 0 radical (unpaired) electrons. The third-order valence-corrected chi connectivity index (χ3v) is 3.25. The fraction of sp³-hybridized carbons (Fsp3) is 0.667. The van der Waals surface area contributed by atoms with Gasteiger partial charge in [0.25, 0.3) is 5.91 Å². The van der Waals surface area contributed by atoms with Gasteiger partial charge in [0.1, 0.15) is 5.69 Å². The molecule has 2 rings (SSSR count). The number of hydrogen-bond donors (Lipinski definition) is 1. The molecule has 0 aliphatic carbocycles. The predicted molar refractivity (Wildman–Crippen MR) is 65.8 cm³/mol. The molecular weight excluding hydrogens is 216 g/mol. The topological polar surface area (TPSA) is 64.2 Å². The van der Waals surface area contributed by atoms with E-state index in [0.717, 1.165) is 38.2 Å². The van der Waals surface area contributed by atoms with Gasteiger partial charge in [-0.25, -0.2) is 0 Å². The molecular formula is C12H20N4O. The molecule has 1 saturated heterocycles. The maximum atomic E-state index is 12.3. The van der Waals surface area contributed by atoms with Crippen LogP contribution in [-0.4, -0.2) is 39.7 Å². The SMILES string of the molecule is CCn1nc(C)cc1C(=O)N1CCC(N)CC1. The minimum Gasteiger partial charge on any atom is -0.337 e. The molecule has 1 fully saturated rings. The molecule has 5 nitrogen and oxygen atoms in total. The number of hydrogen-bond acceptors (Lipinski definition) is 3. The van der Waals surface area contributed by atoms with Gasteiger partial charge in [-0.05, 0) is 32.8 Å². The minimum atomic E-state index is 0.0827. The van der Waals surface area contributed by atoms with Crippen molar-refractivity contribution in [3.8, 4) is 0 Å². The van der Waals surface area contributed by atoms with Crippen molar-refractivity contribution >= 4 is 5.91 Å². The number of nitrogens with zero attached hydrogens (tertiary/aromatic N) is 3. The number of rotatable bonds is 2. The highest BCUT2D eigenvalue weighted by atomic mass is 16.2. The average Bonchev–Trinajstić information content (AvgIpc) is 2.70. The molecule has 0 atom stereocenters. The van der Waals surface area contributed by atoms with Crippen molar-refractivity contribution in [1.82, 2.24) is 14.7 Å². The van der Waals surface area contributed by atoms with Gasteiger partial charge in [0.2, 0.25) is 0 Å². The van der Waals surface area contributed by atoms with Crippen molar-refractivity contribution in [3.05, 3.63) is 17.5 Å². The molecule has 1 aromatic rings. The first-order valence-electron chi connectivity index (χ1n) is 6.21. The first kappa shape index (κ1) is 12.1. The van der Waals surface area contributed by atoms with E-state index in [1.165, 1.54) is 0 Å². The molecule has 2 N–H and O–H groups in total. The zero-order chi connectivity index (χ0) is 12.4. The Kier molecular flexibility index (Phi) is 3.47. The summed E-state index contributed by atoms with van der Waals surface area (Å²) in [7, 11) is 0. The van der Waals surface area contributed by atoms with Crippen LogP contribution in [0.15, 0.2) is 6.07 Å². The van der Waals surface area contributed by atoms with Crippen LogP contribution in [0.2, 0.25) is 0 Å². The van der Waals surface area contributed by atoms with Crippen LogP contribution in [-0.2, 0) is 6.54 Å². The third kappa shape index (κ3) is 2.49. The lowest BCUT2D eigenvalue weighted by Gasteiger charge is -2.30. The number of aromatic nitrogens is 2. The van der Waals surface area contributed by atoms with Crippen LogP contribution >= 0.6 is 0 Å². The summed E-state index contributed by atoms with van der Waals surface area (Å²) in [6.07, 6.45) is 1.79. The Labute approximate surface area is 102 Å². The lowest BCUT2D eigenvalue weighted by molar-refractivity contribution is 0.0702. The highest BCUT2D eigenvalue weighted by Gasteiger charge is 2.24. The van der Waals surface area contributed by atoms with Crippen LogP contribution in [0, 0.1) is 6.92 Å². The van der Waals surface area contributed by atoms with Gasteiger partial charge in [0, 0.05) is 25.7 Å². The monoisotopic (exact) mass is 236 g/mol. The van der Waals surface area contributed by atoms with E-state index in [1.807, 2.05) is 24.8 Å². The van der Waals surface area contributed by atoms with Crippen molar-refractivity contribution in [3.63, 3.8) is 0 Å². The van der Waals surface area contributed by atoms with Crippen LogP contribution < -0.4 is 5.73 Å². The highest BCUT2D eigenvalue weighted by molar-refractivity contribution is 5.92. The van der Waals surface area contributed by atoms with Crippen molar-refractivity contribution in [2.75, 3.05) is 13.1 Å². The molecule has 0 saturated carbocycles. The number of aryl methyl sites for hydroxylation is 2. The predicted octanol–water partition coefficient (Wildman–Crippen LogP) is 0.775. The standard InChI is InChI=1S/C12H20N4O/c1-3-16-11(8-9(2)14-16)12(17)15-6-4-10(13)5-7-15/h8,10H,3-7,13H2,1-2H3. The normalized spacial score (nSPS) is 17.5. The first-order valence-corrected chi connectivity index (χ1v) is 6.21. The van der Waals surface area contributed by atoms with E-state index in [9.17, 15) is 4.79 Å².